The van der Waals surface area contributed by atoms with Crippen molar-refractivity contribution in [2.45, 2.75) is 30.5 Å². The van der Waals surface area contributed by atoms with E-state index in [1.54, 1.807) is 11.1 Å². The number of fused-ring (bicyclic) bond motifs is 3. The summed E-state index contributed by atoms with van der Waals surface area (Å²) in [5.74, 6) is 3.23. The van der Waals surface area contributed by atoms with Crippen LogP contribution >= 0.6 is 0 Å². The highest BCUT2D eigenvalue weighted by Crippen LogP contribution is 2.70. The van der Waals surface area contributed by atoms with Gasteiger partial charge in [0, 0.05) is 26.1 Å². The number of benzene rings is 1. The molecule has 5 aliphatic rings. The monoisotopic (exact) mass is 282 g/mol. The smallest absolute Gasteiger partial charge is 0.180 e. The van der Waals surface area contributed by atoms with Crippen LogP contribution < -0.4 is 0 Å². The molecular weight excluding hydrogens is 260 g/mol. The molecule has 0 heterocycles. The van der Waals surface area contributed by atoms with Crippen molar-refractivity contribution >= 4 is 0 Å². The number of hydrogen-bond donors (Lipinski definition) is 0. The third-order valence-corrected chi connectivity index (χ3v) is 6.88. The first-order valence-corrected chi connectivity index (χ1v) is 8.19. The van der Waals surface area contributed by atoms with Gasteiger partial charge in [-0.2, -0.15) is 0 Å². The number of hydrogen-bond acceptors (Lipinski definition) is 2. The Morgan fingerprint density at radius 1 is 0.857 bits per heavy atom. The van der Waals surface area contributed by atoms with Gasteiger partial charge in [0.1, 0.15) is 0 Å². The van der Waals surface area contributed by atoms with E-state index in [1.807, 2.05) is 14.2 Å². The average Bonchev–Trinajstić information content (AvgIpc) is 3.07. The quantitative estimate of drug-likeness (QED) is 0.608. The van der Waals surface area contributed by atoms with Crippen LogP contribution in [-0.4, -0.2) is 20.0 Å². The molecule has 0 saturated heterocycles. The summed E-state index contributed by atoms with van der Waals surface area (Å²) in [5, 5.41) is 0. The second-order valence-electron chi connectivity index (χ2n) is 7.14. The predicted octanol–water partition coefficient (Wildman–Crippen LogP) is 3.70. The van der Waals surface area contributed by atoms with E-state index < -0.39 is 5.79 Å². The molecule has 0 amide bonds. The molecule has 0 radical (unpaired) electrons. The van der Waals surface area contributed by atoms with Gasteiger partial charge in [-0.15, -0.1) is 0 Å². The number of ether oxygens (including phenoxy) is 2. The molecule has 0 N–H and O–H groups in total. The van der Waals surface area contributed by atoms with Crippen molar-refractivity contribution in [3.63, 3.8) is 0 Å². The molecule has 6 atom stereocenters. The normalized spacial score (nSPS) is 43.9. The van der Waals surface area contributed by atoms with Gasteiger partial charge in [0.25, 0.3) is 0 Å². The van der Waals surface area contributed by atoms with Gasteiger partial charge in [-0.3, -0.25) is 0 Å². The molecule has 21 heavy (non-hydrogen) atoms. The Hall–Kier alpha value is -1.12. The minimum atomic E-state index is -0.405. The van der Waals surface area contributed by atoms with Crippen LogP contribution in [0.25, 0.3) is 0 Å². The van der Waals surface area contributed by atoms with Gasteiger partial charge in [0.2, 0.25) is 0 Å². The van der Waals surface area contributed by atoms with Gasteiger partial charge in [0.05, 0.1) is 0 Å². The fourth-order valence-corrected chi connectivity index (χ4v) is 6.32. The van der Waals surface area contributed by atoms with E-state index >= 15 is 0 Å². The van der Waals surface area contributed by atoms with Crippen molar-refractivity contribution in [2.75, 3.05) is 14.2 Å². The van der Waals surface area contributed by atoms with Crippen molar-refractivity contribution in [3.8, 4) is 0 Å². The van der Waals surface area contributed by atoms with Crippen LogP contribution in [0.15, 0.2) is 36.4 Å². The Labute approximate surface area is 126 Å². The van der Waals surface area contributed by atoms with Crippen LogP contribution in [0, 0.1) is 23.7 Å². The van der Waals surface area contributed by atoms with Gasteiger partial charge >= 0.3 is 0 Å². The van der Waals surface area contributed by atoms with Crippen LogP contribution in [0.3, 0.4) is 0 Å². The highest BCUT2D eigenvalue weighted by Gasteiger charge is 2.68. The first-order chi connectivity index (χ1) is 10.3. The van der Waals surface area contributed by atoms with Gasteiger partial charge in [-0.25, -0.2) is 0 Å². The van der Waals surface area contributed by atoms with Crippen molar-refractivity contribution < 1.29 is 9.47 Å². The molecule has 0 spiro atoms. The second kappa shape index (κ2) is 3.99. The maximum Gasteiger partial charge on any atom is 0.180 e. The Balaban J connectivity index is 1.69. The van der Waals surface area contributed by atoms with Crippen molar-refractivity contribution in [1.82, 2.24) is 0 Å². The molecule has 0 aromatic heterocycles. The third kappa shape index (κ3) is 1.24. The Kier molecular flexibility index (Phi) is 2.36. The molecule has 1 aromatic rings. The average molecular weight is 282 g/mol. The summed E-state index contributed by atoms with van der Waals surface area (Å²) in [5.41, 5.74) is 3.22. The molecule has 2 nitrogen and oxygen atoms in total. The lowest BCUT2D eigenvalue weighted by Crippen LogP contribution is -2.41. The first-order valence-electron chi connectivity index (χ1n) is 8.19. The van der Waals surface area contributed by atoms with E-state index in [4.69, 9.17) is 9.47 Å². The van der Waals surface area contributed by atoms with E-state index in [2.05, 4.69) is 36.4 Å². The van der Waals surface area contributed by atoms with Crippen molar-refractivity contribution in [1.29, 1.82) is 0 Å². The molecule has 5 aliphatic carbocycles. The highest BCUT2D eigenvalue weighted by atomic mass is 16.7. The van der Waals surface area contributed by atoms with Gasteiger partial charge < -0.3 is 9.47 Å². The van der Waals surface area contributed by atoms with E-state index in [0.29, 0.717) is 35.5 Å². The number of rotatable bonds is 2. The molecule has 4 bridgehead atoms. The van der Waals surface area contributed by atoms with Gasteiger partial charge in [-0.1, -0.05) is 36.4 Å². The largest absolute Gasteiger partial charge is 0.352 e. The maximum atomic E-state index is 5.97. The fraction of sp³-hybridized carbons (Fsp3) is 0.579. The Bertz CT molecular complexity index is 567. The van der Waals surface area contributed by atoms with E-state index in [-0.39, 0.29) is 0 Å². The summed E-state index contributed by atoms with van der Waals surface area (Å²) in [6, 6.07) is 9.13. The van der Waals surface area contributed by atoms with E-state index in [9.17, 15) is 0 Å². The van der Waals surface area contributed by atoms with Crippen LogP contribution in [0.5, 0.6) is 0 Å². The second-order valence-corrected chi connectivity index (χ2v) is 7.14. The molecule has 2 saturated carbocycles. The molecule has 0 aliphatic heterocycles. The van der Waals surface area contributed by atoms with Crippen LogP contribution in [0.4, 0.5) is 0 Å². The summed E-state index contributed by atoms with van der Waals surface area (Å²) in [6.07, 6.45) is 7.43. The lowest BCUT2D eigenvalue weighted by molar-refractivity contribution is -0.234. The zero-order valence-electron chi connectivity index (χ0n) is 12.7. The Morgan fingerprint density at radius 3 is 1.76 bits per heavy atom. The molecule has 6 rings (SSSR count). The zero-order chi connectivity index (χ0) is 14.2. The SMILES string of the molecule is COC1(OC)[C@@H]2C=C[C@H]1[C@@H]1[C@@H]2[C@@H]2CC[C@@H]1c1ccccc12. The summed E-state index contributed by atoms with van der Waals surface area (Å²) < 4.78 is 11.9. The Morgan fingerprint density at radius 2 is 1.33 bits per heavy atom. The van der Waals surface area contributed by atoms with Crippen molar-refractivity contribution in [2.24, 2.45) is 23.7 Å². The highest BCUT2D eigenvalue weighted by molar-refractivity contribution is 5.44. The summed E-state index contributed by atoms with van der Waals surface area (Å²) in [7, 11) is 3.64. The van der Waals surface area contributed by atoms with Crippen LogP contribution in [0.2, 0.25) is 0 Å². The topological polar surface area (TPSA) is 18.5 Å². The standard InChI is InChI=1S/C19H22O2/c1-20-19(21-2)15-9-10-16(19)18-14-8-7-13(17(15)18)11-5-3-4-6-12(11)14/h3-6,9-10,13-18H,7-8H2,1-2H3/t13-,14-,15-,16+,17-,18-/m1/s1. The van der Waals surface area contributed by atoms with Crippen LogP contribution in [0.1, 0.15) is 35.8 Å². The summed E-state index contributed by atoms with van der Waals surface area (Å²) in [4.78, 5) is 0. The van der Waals surface area contributed by atoms with Gasteiger partial charge in [-0.05, 0) is 47.6 Å². The first kappa shape index (κ1) is 12.4. The number of methoxy groups -OCH3 is 2. The predicted molar refractivity (Wildman–Crippen MR) is 81.0 cm³/mol. The lowest BCUT2D eigenvalue weighted by Gasteiger charge is -2.50. The van der Waals surface area contributed by atoms with Crippen molar-refractivity contribution in [3.05, 3.63) is 47.5 Å². The molecular formula is C19H22O2. The van der Waals surface area contributed by atoms with Crippen LogP contribution in [-0.2, 0) is 9.47 Å². The summed E-state index contributed by atoms with van der Waals surface area (Å²) in [6.45, 7) is 0. The lowest BCUT2D eigenvalue weighted by atomic mass is 9.54. The van der Waals surface area contributed by atoms with E-state index in [1.165, 1.54) is 12.8 Å². The molecule has 2 fully saturated rings. The maximum absolute atomic E-state index is 5.97. The zero-order valence-corrected chi connectivity index (χ0v) is 12.7. The summed E-state index contributed by atoms with van der Waals surface area (Å²) >= 11 is 0. The fourth-order valence-electron chi connectivity index (χ4n) is 6.32. The third-order valence-electron chi connectivity index (χ3n) is 6.88. The molecule has 110 valence electrons. The minimum Gasteiger partial charge on any atom is -0.352 e. The van der Waals surface area contributed by atoms with E-state index in [0.717, 1.165) is 0 Å². The molecule has 1 aromatic carbocycles. The van der Waals surface area contributed by atoms with Gasteiger partial charge in [0.15, 0.2) is 5.79 Å². The minimum absolute atomic E-state index is 0.405. The molecule has 2 heteroatoms. The molecule has 0 unspecified atom stereocenters.